The number of ether oxygens (including phenoxy) is 1. The number of hydrogen-bond acceptors (Lipinski definition) is 5. The number of para-hydroxylation sites is 1. The van der Waals surface area contributed by atoms with Crippen LogP contribution < -0.4 is 4.74 Å². The lowest BCUT2D eigenvalue weighted by molar-refractivity contribution is 0.414. The van der Waals surface area contributed by atoms with Crippen LogP contribution in [0.25, 0.3) is 16.6 Å². The van der Waals surface area contributed by atoms with Crippen molar-refractivity contribution in [3.8, 4) is 11.4 Å². The highest BCUT2D eigenvalue weighted by Gasteiger charge is 2.13. The monoisotopic (exact) mass is 396 g/mol. The summed E-state index contributed by atoms with van der Waals surface area (Å²) in [4.78, 5) is 4.73. The van der Waals surface area contributed by atoms with E-state index >= 15 is 0 Å². The molecule has 0 aliphatic carbocycles. The van der Waals surface area contributed by atoms with Gasteiger partial charge in [0, 0.05) is 17.2 Å². The number of thioether (sulfide) groups is 1. The van der Waals surface area contributed by atoms with Crippen molar-refractivity contribution < 1.29 is 4.74 Å². The Bertz CT molecular complexity index is 1110. The van der Waals surface area contributed by atoms with E-state index in [0.717, 1.165) is 38.8 Å². The Morgan fingerprint density at radius 1 is 1.15 bits per heavy atom. The second-order valence-electron chi connectivity index (χ2n) is 5.99. The summed E-state index contributed by atoms with van der Waals surface area (Å²) in [6, 6.07) is 15.8. The number of methoxy groups -OCH3 is 1. The van der Waals surface area contributed by atoms with Gasteiger partial charge in [0.05, 0.1) is 29.0 Å². The lowest BCUT2D eigenvalue weighted by atomic mass is 10.1. The average Bonchev–Trinajstić information content (AvgIpc) is 3.18. The second kappa shape index (κ2) is 7.58. The van der Waals surface area contributed by atoms with Crippen molar-refractivity contribution >= 4 is 34.3 Å². The predicted octanol–water partition coefficient (Wildman–Crippen LogP) is 5.08. The minimum absolute atomic E-state index is 0.604. The first-order valence-electron chi connectivity index (χ1n) is 8.38. The smallest absolute Gasteiger partial charge is 0.195 e. The van der Waals surface area contributed by atoms with E-state index in [4.69, 9.17) is 21.3 Å². The van der Waals surface area contributed by atoms with Gasteiger partial charge in [-0.25, -0.2) is 0 Å². The molecule has 0 spiro atoms. The fourth-order valence-corrected chi connectivity index (χ4v) is 4.07. The molecule has 0 unspecified atom stereocenters. The molecule has 4 aromatic rings. The molecule has 2 heterocycles. The Kier molecular flexibility index (Phi) is 5.01. The molecule has 0 atom stereocenters. The molecule has 2 aromatic carbocycles. The van der Waals surface area contributed by atoms with Crippen molar-refractivity contribution in [1.29, 1.82) is 0 Å². The largest absolute Gasteiger partial charge is 0.497 e. The van der Waals surface area contributed by atoms with Crippen molar-refractivity contribution in [2.24, 2.45) is 0 Å². The highest BCUT2D eigenvalue weighted by atomic mass is 35.5. The minimum atomic E-state index is 0.604. The number of hydrogen-bond donors (Lipinski definition) is 0. The van der Waals surface area contributed by atoms with Gasteiger partial charge in [-0.3, -0.25) is 9.55 Å². The first-order chi connectivity index (χ1) is 13.2. The number of halogens is 1. The van der Waals surface area contributed by atoms with E-state index in [9.17, 15) is 0 Å². The van der Waals surface area contributed by atoms with Crippen LogP contribution in [0.2, 0.25) is 5.02 Å². The van der Waals surface area contributed by atoms with Crippen LogP contribution in [0.4, 0.5) is 0 Å². The van der Waals surface area contributed by atoms with Gasteiger partial charge in [-0.2, -0.15) is 0 Å². The summed E-state index contributed by atoms with van der Waals surface area (Å²) in [5.74, 6) is 1.39. The number of aryl methyl sites for hydroxylation is 1. The molecule has 4 rings (SSSR count). The summed E-state index contributed by atoms with van der Waals surface area (Å²) in [6.45, 7) is 2.03. The normalized spacial score (nSPS) is 11.1. The fraction of sp³-hybridized carbons (Fsp3) is 0.150. The maximum absolute atomic E-state index is 6.57. The van der Waals surface area contributed by atoms with Crippen LogP contribution >= 0.6 is 23.4 Å². The van der Waals surface area contributed by atoms with E-state index in [1.54, 1.807) is 25.2 Å². The van der Waals surface area contributed by atoms with Crippen LogP contribution in [0, 0.1) is 6.92 Å². The molecule has 0 saturated carbocycles. The van der Waals surface area contributed by atoms with Crippen molar-refractivity contribution in [3.63, 3.8) is 0 Å². The van der Waals surface area contributed by atoms with Gasteiger partial charge in [-0.1, -0.05) is 47.6 Å². The SMILES string of the molecule is COc1cccc(-n2cnnc2SCc2nc3ccccc3c(C)c2Cl)c1. The van der Waals surface area contributed by atoms with Gasteiger partial charge >= 0.3 is 0 Å². The summed E-state index contributed by atoms with van der Waals surface area (Å²) < 4.78 is 7.23. The van der Waals surface area contributed by atoms with E-state index < -0.39 is 0 Å². The Labute approximate surface area is 166 Å². The number of rotatable bonds is 5. The number of fused-ring (bicyclic) bond motifs is 1. The molecular formula is C20H17ClN4OS. The van der Waals surface area contributed by atoms with E-state index in [2.05, 4.69) is 10.2 Å². The van der Waals surface area contributed by atoms with Crippen LogP contribution in [0.3, 0.4) is 0 Å². The van der Waals surface area contributed by atoms with Crippen LogP contribution in [0.15, 0.2) is 60.0 Å². The number of pyridine rings is 1. The first-order valence-corrected chi connectivity index (χ1v) is 9.74. The summed E-state index contributed by atoms with van der Waals surface area (Å²) in [6.07, 6.45) is 1.69. The molecule has 2 aromatic heterocycles. The first kappa shape index (κ1) is 17.8. The fourth-order valence-electron chi connectivity index (χ4n) is 2.91. The van der Waals surface area contributed by atoms with E-state index in [0.29, 0.717) is 10.8 Å². The summed E-state index contributed by atoms with van der Waals surface area (Å²) >= 11 is 8.12. The topological polar surface area (TPSA) is 52.8 Å². The van der Waals surface area contributed by atoms with Gasteiger partial charge in [-0.15, -0.1) is 10.2 Å². The molecule has 5 nitrogen and oxygen atoms in total. The maximum Gasteiger partial charge on any atom is 0.195 e. The van der Waals surface area contributed by atoms with Crippen molar-refractivity contribution in [2.45, 2.75) is 17.8 Å². The third-order valence-electron chi connectivity index (χ3n) is 4.33. The Hall–Kier alpha value is -2.57. The molecule has 27 heavy (non-hydrogen) atoms. The summed E-state index contributed by atoms with van der Waals surface area (Å²) in [5.41, 5.74) is 3.78. The lowest BCUT2D eigenvalue weighted by Gasteiger charge is -2.11. The molecular weight excluding hydrogens is 380 g/mol. The van der Waals surface area contributed by atoms with Gasteiger partial charge in [0.2, 0.25) is 0 Å². The van der Waals surface area contributed by atoms with E-state index in [1.807, 2.05) is 60.0 Å². The van der Waals surface area contributed by atoms with Gasteiger partial charge in [0.1, 0.15) is 12.1 Å². The lowest BCUT2D eigenvalue weighted by Crippen LogP contribution is -1.98. The van der Waals surface area contributed by atoms with Crippen LogP contribution in [-0.4, -0.2) is 26.9 Å². The zero-order chi connectivity index (χ0) is 18.8. The third-order valence-corrected chi connectivity index (χ3v) is 5.79. The molecule has 0 fully saturated rings. The highest BCUT2D eigenvalue weighted by Crippen LogP contribution is 2.31. The summed E-state index contributed by atoms with van der Waals surface area (Å²) in [5, 5.41) is 10.8. The van der Waals surface area contributed by atoms with Gasteiger partial charge in [-0.05, 0) is 30.7 Å². The van der Waals surface area contributed by atoms with Crippen LogP contribution in [0.5, 0.6) is 5.75 Å². The molecule has 0 amide bonds. The standard InChI is InChI=1S/C20H17ClN4OS/c1-13-16-8-3-4-9-17(16)23-18(19(13)21)11-27-20-24-22-12-25(20)14-6-5-7-15(10-14)26-2/h3-10,12H,11H2,1-2H3. The van der Waals surface area contributed by atoms with Crippen molar-refractivity contribution in [1.82, 2.24) is 19.7 Å². The molecule has 7 heteroatoms. The molecule has 136 valence electrons. The number of aromatic nitrogens is 4. The summed E-state index contributed by atoms with van der Waals surface area (Å²) in [7, 11) is 1.65. The molecule has 0 N–H and O–H groups in total. The van der Waals surface area contributed by atoms with Gasteiger partial charge in [0.25, 0.3) is 0 Å². The maximum atomic E-state index is 6.57. The predicted molar refractivity (Wildman–Crippen MR) is 109 cm³/mol. The molecule has 0 saturated heterocycles. The molecule has 0 aliphatic heterocycles. The van der Waals surface area contributed by atoms with Crippen molar-refractivity contribution in [2.75, 3.05) is 7.11 Å². The van der Waals surface area contributed by atoms with Crippen LogP contribution in [-0.2, 0) is 5.75 Å². The van der Waals surface area contributed by atoms with E-state index in [-0.39, 0.29) is 0 Å². The Balaban J connectivity index is 1.63. The molecule has 0 aliphatic rings. The average molecular weight is 397 g/mol. The highest BCUT2D eigenvalue weighted by molar-refractivity contribution is 7.98. The quantitative estimate of drug-likeness (QED) is 0.440. The zero-order valence-corrected chi connectivity index (χ0v) is 16.5. The molecule has 0 radical (unpaired) electrons. The number of nitrogens with zero attached hydrogens (tertiary/aromatic N) is 4. The third kappa shape index (κ3) is 3.50. The second-order valence-corrected chi connectivity index (χ2v) is 7.31. The Morgan fingerprint density at radius 2 is 2.00 bits per heavy atom. The van der Waals surface area contributed by atoms with Crippen LogP contribution in [0.1, 0.15) is 11.3 Å². The van der Waals surface area contributed by atoms with Crippen molar-refractivity contribution in [3.05, 3.63) is 71.1 Å². The van der Waals surface area contributed by atoms with Gasteiger partial charge in [0.15, 0.2) is 5.16 Å². The number of benzene rings is 2. The van der Waals surface area contributed by atoms with E-state index in [1.165, 1.54) is 0 Å². The Morgan fingerprint density at radius 3 is 2.85 bits per heavy atom. The minimum Gasteiger partial charge on any atom is -0.497 e. The van der Waals surface area contributed by atoms with Gasteiger partial charge < -0.3 is 4.74 Å². The zero-order valence-electron chi connectivity index (χ0n) is 14.9. The molecule has 0 bridgehead atoms.